The van der Waals surface area contributed by atoms with Crippen molar-refractivity contribution < 1.29 is 23.1 Å². The first-order valence-corrected chi connectivity index (χ1v) is 7.88. The average Bonchev–Trinajstić information content (AvgIpc) is 2.89. The summed E-state index contributed by atoms with van der Waals surface area (Å²) in [5, 5.41) is 9.40. The molecule has 1 aromatic rings. The van der Waals surface area contributed by atoms with Crippen LogP contribution in [0.15, 0.2) is 29.2 Å². The third-order valence-corrected chi connectivity index (χ3v) is 5.09. The molecule has 7 heteroatoms. The predicted molar refractivity (Wildman–Crippen MR) is 71.7 cm³/mol. The zero-order valence-corrected chi connectivity index (χ0v) is 12.0. The third-order valence-electron chi connectivity index (χ3n) is 3.19. The quantitative estimate of drug-likeness (QED) is 0.842. The van der Waals surface area contributed by atoms with Crippen molar-refractivity contribution in [3.8, 4) is 5.75 Å². The smallest absolute Gasteiger partial charge is 0.324 e. The molecule has 0 aliphatic carbocycles. The van der Waals surface area contributed by atoms with Gasteiger partial charge < -0.3 is 9.84 Å². The molecule has 0 amide bonds. The number of phenolic OH excluding ortho intramolecular Hbond substituents is 1. The number of hydrogen-bond donors (Lipinski definition) is 1. The Labute approximate surface area is 118 Å². The fraction of sp³-hybridized carbons (Fsp3) is 0.462. The number of esters is 1. The molecule has 2 rings (SSSR count). The van der Waals surface area contributed by atoms with Crippen LogP contribution in [0.5, 0.6) is 5.75 Å². The van der Waals surface area contributed by atoms with E-state index < -0.39 is 22.0 Å². The number of hydrogen-bond acceptors (Lipinski definition) is 5. The van der Waals surface area contributed by atoms with Crippen LogP contribution in [0.1, 0.15) is 19.8 Å². The second kappa shape index (κ2) is 5.80. The summed E-state index contributed by atoms with van der Waals surface area (Å²) in [6.07, 6.45) is 1.07. The van der Waals surface area contributed by atoms with E-state index in [1.807, 2.05) is 0 Å². The van der Waals surface area contributed by atoms with E-state index in [1.54, 1.807) is 6.92 Å². The Morgan fingerprint density at radius 3 is 2.90 bits per heavy atom. The molecule has 0 bridgehead atoms. The normalized spacial score (nSPS) is 19.9. The molecule has 1 heterocycles. The summed E-state index contributed by atoms with van der Waals surface area (Å²) in [6.45, 7) is 2.18. The monoisotopic (exact) mass is 299 g/mol. The lowest BCUT2D eigenvalue weighted by Gasteiger charge is -2.22. The lowest BCUT2D eigenvalue weighted by Crippen LogP contribution is -2.41. The molecular weight excluding hydrogens is 282 g/mol. The number of rotatable bonds is 4. The molecule has 1 aliphatic heterocycles. The molecule has 110 valence electrons. The number of carbonyl (C=O) groups is 1. The number of carbonyl (C=O) groups excluding carboxylic acids is 1. The van der Waals surface area contributed by atoms with Crippen LogP contribution >= 0.6 is 0 Å². The second-order valence-electron chi connectivity index (χ2n) is 4.52. The van der Waals surface area contributed by atoms with Crippen LogP contribution in [0.2, 0.25) is 0 Å². The molecule has 0 aromatic heterocycles. The van der Waals surface area contributed by atoms with Gasteiger partial charge >= 0.3 is 5.97 Å². The average molecular weight is 299 g/mol. The van der Waals surface area contributed by atoms with Gasteiger partial charge in [0.1, 0.15) is 11.8 Å². The van der Waals surface area contributed by atoms with Crippen molar-refractivity contribution in [2.75, 3.05) is 13.2 Å². The summed E-state index contributed by atoms with van der Waals surface area (Å²) in [5.41, 5.74) is 0. The van der Waals surface area contributed by atoms with Crippen molar-refractivity contribution in [3.63, 3.8) is 0 Å². The number of phenols is 1. The van der Waals surface area contributed by atoms with Gasteiger partial charge in [-0.05, 0) is 38.0 Å². The Morgan fingerprint density at radius 2 is 2.25 bits per heavy atom. The first kappa shape index (κ1) is 14.8. The van der Waals surface area contributed by atoms with E-state index in [0.717, 1.165) is 4.31 Å². The maximum Gasteiger partial charge on any atom is 0.324 e. The number of benzene rings is 1. The summed E-state index contributed by atoms with van der Waals surface area (Å²) in [5.74, 6) is -0.647. The lowest BCUT2D eigenvalue weighted by molar-refractivity contribution is -0.146. The summed E-state index contributed by atoms with van der Waals surface area (Å²) in [4.78, 5) is 11.8. The Kier molecular flexibility index (Phi) is 4.29. The van der Waals surface area contributed by atoms with E-state index in [4.69, 9.17) is 4.74 Å². The van der Waals surface area contributed by atoms with Crippen LogP contribution in [0, 0.1) is 0 Å². The van der Waals surface area contributed by atoms with Crippen molar-refractivity contribution in [2.45, 2.75) is 30.7 Å². The van der Waals surface area contributed by atoms with E-state index in [2.05, 4.69) is 0 Å². The van der Waals surface area contributed by atoms with Crippen molar-refractivity contribution in [1.29, 1.82) is 0 Å². The highest BCUT2D eigenvalue weighted by Crippen LogP contribution is 2.28. The van der Waals surface area contributed by atoms with Crippen molar-refractivity contribution in [1.82, 2.24) is 4.31 Å². The van der Waals surface area contributed by atoms with Gasteiger partial charge in [-0.3, -0.25) is 4.79 Å². The van der Waals surface area contributed by atoms with Crippen LogP contribution in [0.4, 0.5) is 0 Å². The Hall–Kier alpha value is -1.60. The standard InChI is InChI=1S/C13H17NO5S/c1-2-19-13(16)12-7-4-8-14(12)20(17,18)11-6-3-5-10(15)9-11/h3,5-6,9,12,15H,2,4,7-8H2,1H3. The Morgan fingerprint density at radius 1 is 1.50 bits per heavy atom. The fourth-order valence-electron chi connectivity index (χ4n) is 2.28. The molecule has 1 unspecified atom stereocenters. The van der Waals surface area contributed by atoms with Crippen LogP contribution < -0.4 is 0 Å². The number of nitrogens with zero attached hydrogens (tertiary/aromatic N) is 1. The molecule has 0 spiro atoms. The van der Waals surface area contributed by atoms with Crippen molar-refractivity contribution in [2.24, 2.45) is 0 Å². The summed E-state index contributed by atoms with van der Waals surface area (Å²) < 4.78 is 31.1. The van der Waals surface area contributed by atoms with Crippen LogP contribution in [-0.2, 0) is 19.6 Å². The van der Waals surface area contributed by atoms with Gasteiger partial charge in [0.2, 0.25) is 10.0 Å². The van der Waals surface area contributed by atoms with E-state index >= 15 is 0 Å². The summed E-state index contributed by atoms with van der Waals surface area (Å²) in [6, 6.07) is 4.65. The van der Waals surface area contributed by atoms with E-state index in [9.17, 15) is 18.3 Å². The van der Waals surface area contributed by atoms with Crippen LogP contribution in [0.3, 0.4) is 0 Å². The van der Waals surface area contributed by atoms with Gasteiger partial charge in [-0.2, -0.15) is 4.31 Å². The molecule has 1 N–H and O–H groups in total. The van der Waals surface area contributed by atoms with Gasteiger partial charge in [-0.15, -0.1) is 0 Å². The molecule has 20 heavy (non-hydrogen) atoms. The molecule has 6 nitrogen and oxygen atoms in total. The number of ether oxygens (including phenoxy) is 1. The second-order valence-corrected chi connectivity index (χ2v) is 6.41. The van der Waals surface area contributed by atoms with Crippen LogP contribution in [-0.4, -0.2) is 43.0 Å². The maximum atomic E-state index is 12.5. The highest BCUT2D eigenvalue weighted by atomic mass is 32.2. The zero-order chi connectivity index (χ0) is 14.8. The predicted octanol–water partition coefficient (Wildman–Crippen LogP) is 1.11. The van der Waals surface area contributed by atoms with Crippen molar-refractivity contribution in [3.05, 3.63) is 24.3 Å². The topological polar surface area (TPSA) is 83.9 Å². The molecule has 0 radical (unpaired) electrons. The van der Waals surface area contributed by atoms with Gasteiger partial charge in [0.15, 0.2) is 0 Å². The maximum absolute atomic E-state index is 12.5. The molecule has 1 aliphatic rings. The molecule has 1 aromatic carbocycles. The van der Waals surface area contributed by atoms with Gasteiger partial charge in [-0.1, -0.05) is 6.07 Å². The minimum absolute atomic E-state index is 0.0197. The molecular formula is C13H17NO5S. The molecule has 1 fully saturated rings. The fourth-order valence-corrected chi connectivity index (χ4v) is 3.97. The van der Waals surface area contributed by atoms with E-state index in [1.165, 1.54) is 24.3 Å². The highest BCUT2D eigenvalue weighted by molar-refractivity contribution is 7.89. The third kappa shape index (κ3) is 2.78. The molecule has 1 atom stereocenters. The Balaban J connectivity index is 2.31. The summed E-state index contributed by atoms with van der Waals surface area (Å²) >= 11 is 0. The van der Waals surface area contributed by atoms with E-state index in [0.29, 0.717) is 12.8 Å². The van der Waals surface area contributed by atoms with Gasteiger partial charge in [0, 0.05) is 6.54 Å². The van der Waals surface area contributed by atoms with Gasteiger partial charge in [0.05, 0.1) is 11.5 Å². The largest absolute Gasteiger partial charge is 0.508 e. The van der Waals surface area contributed by atoms with Crippen LogP contribution in [0.25, 0.3) is 0 Å². The minimum Gasteiger partial charge on any atom is -0.508 e. The number of aromatic hydroxyl groups is 1. The molecule has 1 saturated heterocycles. The highest BCUT2D eigenvalue weighted by Gasteiger charge is 2.40. The zero-order valence-electron chi connectivity index (χ0n) is 11.2. The van der Waals surface area contributed by atoms with Gasteiger partial charge in [-0.25, -0.2) is 8.42 Å². The summed E-state index contributed by atoms with van der Waals surface area (Å²) in [7, 11) is -3.80. The minimum atomic E-state index is -3.80. The molecule has 0 saturated carbocycles. The first-order valence-electron chi connectivity index (χ1n) is 6.44. The Bertz CT molecular complexity index is 599. The van der Waals surface area contributed by atoms with Gasteiger partial charge in [0.25, 0.3) is 0 Å². The van der Waals surface area contributed by atoms with E-state index in [-0.39, 0.29) is 23.8 Å². The number of sulfonamides is 1. The SMILES string of the molecule is CCOC(=O)C1CCCN1S(=O)(=O)c1cccc(O)c1. The first-order chi connectivity index (χ1) is 9.46. The van der Waals surface area contributed by atoms with Crippen molar-refractivity contribution >= 4 is 16.0 Å². The lowest BCUT2D eigenvalue weighted by atomic mass is 10.2.